The lowest BCUT2D eigenvalue weighted by Gasteiger charge is -2.36. The molecule has 160 valence electrons. The molecular formula is C22H30N6O2. The lowest BCUT2D eigenvalue weighted by Crippen LogP contribution is -2.42. The molecule has 1 unspecified atom stereocenters. The first-order valence-electron chi connectivity index (χ1n) is 10.5. The van der Waals surface area contributed by atoms with Crippen LogP contribution in [0, 0.1) is 13.8 Å². The Hall–Kier alpha value is -2.58. The molecule has 1 aliphatic heterocycles. The number of pyridine rings is 1. The van der Waals surface area contributed by atoms with Crippen molar-refractivity contribution >= 4 is 10.9 Å². The summed E-state index contributed by atoms with van der Waals surface area (Å²) < 4.78 is 1.80. The zero-order chi connectivity index (χ0) is 21.6. The Morgan fingerprint density at radius 1 is 1.20 bits per heavy atom. The van der Waals surface area contributed by atoms with Crippen molar-refractivity contribution in [2.24, 2.45) is 0 Å². The Morgan fingerprint density at radius 3 is 2.57 bits per heavy atom. The second kappa shape index (κ2) is 7.59. The topological polar surface area (TPSA) is 99.9 Å². The minimum absolute atomic E-state index is 0.129. The SMILES string of the molecule is Cc1ccc2cc(C(c3nnnn3C(C)(C)C)N3CCC(O)CC3)c(=O)[nH]c2c1C. The maximum atomic E-state index is 13.3. The van der Waals surface area contributed by atoms with E-state index in [-0.39, 0.29) is 23.2 Å². The van der Waals surface area contributed by atoms with Crippen molar-refractivity contribution < 1.29 is 5.11 Å². The lowest BCUT2D eigenvalue weighted by molar-refractivity contribution is 0.0647. The minimum Gasteiger partial charge on any atom is -0.393 e. The number of rotatable bonds is 3. The smallest absolute Gasteiger partial charge is 0.253 e. The first kappa shape index (κ1) is 20.7. The van der Waals surface area contributed by atoms with E-state index in [0.29, 0.717) is 37.3 Å². The zero-order valence-corrected chi connectivity index (χ0v) is 18.3. The first-order chi connectivity index (χ1) is 14.2. The molecular weight excluding hydrogens is 380 g/mol. The van der Waals surface area contributed by atoms with Crippen LogP contribution in [0.2, 0.25) is 0 Å². The van der Waals surface area contributed by atoms with Crippen LogP contribution >= 0.6 is 0 Å². The number of aliphatic hydroxyl groups is 1. The Balaban J connectivity index is 1.91. The van der Waals surface area contributed by atoms with Crippen molar-refractivity contribution in [2.45, 2.75) is 65.1 Å². The van der Waals surface area contributed by atoms with Gasteiger partial charge >= 0.3 is 0 Å². The van der Waals surface area contributed by atoms with E-state index in [1.165, 1.54) is 0 Å². The number of aliphatic hydroxyl groups excluding tert-OH is 1. The zero-order valence-electron chi connectivity index (χ0n) is 18.3. The molecule has 30 heavy (non-hydrogen) atoms. The Bertz CT molecular complexity index is 1120. The molecule has 8 nitrogen and oxygen atoms in total. The number of fused-ring (bicyclic) bond motifs is 1. The number of aromatic nitrogens is 5. The van der Waals surface area contributed by atoms with Gasteiger partial charge in [0.15, 0.2) is 5.82 Å². The van der Waals surface area contributed by atoms with Crippen LogP contribution in [0.25, 0.3) is 10.9 Å². The second-order valence-corrected chi connectivity index (χ2v) is 9.31. The highest BCUT2D eigenvalue weighted by molar-refractivity contribution is 5.83. The monoisotopic (exact) mass is 410 g/mol. The standard InChI is InChI=1S/C22H30N6O2/c1-13-6-7-15-12-17(21(30)23-18(15)14(13)2)19(27-10-8-16(29)9-11-27)20-24-25-26-28(20)22(3,4)5/h6-7,12,16,19,29H,8-11H2,1-5H3,(H,23,30). The Kier molecular flexibility index (Phi) is 5.23. The van der Waals surface area contributed by atoms with Gasteiger partial charge in [-0.3, -0.25) is 9.69 Å². The van der Waals surface area contributed by atoms with Gasteiger partial charge in [-0.05, 0) is 80.5 Å². The van der Waals surface area contributed by atoms with E-state index in [2.05, 4.69) is 31.5 Å². The predicted octanol–water partition coefficient (Wildman–Crippen LogP) is 2.43. The maximum Gasteiger partial charge on any atom is 0.253 e. The molecule has 2 N–H and O–H groups in total. The van der Waals surface area contributed by atoms with Crippen molar-refractivity contribution in [3.63, 3.8) is 0 Å². The quantitative estimate of drug-likeness (QED) is 0.688. The van der Waals surface area contributed by atoms with Gasteiger partial charge in [0.1, 0.15) is 6.04 Å². The third-order valence-electron chi connectivity index (χ3n) is 6.11. The number of hydrogen-bond acceptors (Lipinski definition) is 6. The van der Waals surface area contributed by atoms with Gasteiger partial charge in [0, 0.05) is 18.7 Å². The molecule has 0 aliphatic carbocycles. The Labute approximate surface area is 175 Å². The number of likely N-dealkylation sites (tertiary alicyclic amines) is 1. The number of aromatic amines is 1. The maximum absolute atomic E-state index is 13.3. The molecule has 1 atom stereocenters. The van der Waals surface area contributed by atoms with Crippen LogP contribution in [0.5, 0.6) is 0 Å². The molecule has 0 radical (unpaired) electrons. The largest absolute Gasteiger partial charge is 0.393 e. The van der Waals surface area contributed by atoms with Gasteiger partial charge in [-0.15, -0.1) is 5.10 Å². The van der Waals surface area contributed by atoms with Gasteiger partial charge in [-0.25, -0.2) is 4.68 Å². The van der Waals surface area contributed by atoms with Crippen molar-refractivity contribution in [1.82, 2.24) is 30.1 Å². The van der Waals surface area contributed by atoms with E-state index in [4.69, 9.17) is 0 Å². The Morgan fingerprint density at radius 2 is 1.90 bits per heavy atom. The van der Waals surface area contributed by atoms with Crippen LogP contribution in [-0.2, 0) is 5.54 Å². The van der Waals surface area contributed by atoms with Crippen LogP contribution in [0.15, 0.2) is 23.0 Å². The van der Waals surface area contributed by atoms with Crippen LogP contribution in [-0.4, -0.2) is 54.4 Å². The van der Waals surface area contributed by atoms with Gasteiger partial charge in [-0.1, -0.05) is 12.1 Å². The summed E-state index contributed by atoms with van der Waals surface area (Å²) in [5.41, 5.74) is 3.26. The summed E-state index contributed by atoms with van der Waals surface area (Å²) in [5, 5.41) is 23.5. The summed E-state index contributed by atoms with van der Waals surface area (Å²) in [6.45, 7) is 11.5. The van der Waals surface area contributed by atoms with Crippen molar-refractivity contribution in [3.8, 4) is 0 Å². The van der Waals surface area contributed by atoms with E-state index in [9.17, 15) is 9.90 Å². The van der Waals surface area contributed by atoms with Gasteiger partial charge < -0.3 is 10.1 Å². The summed E-state index contributed by atoms with van der Waals surface area (Å²) in [5.74, 6) is 0.646. The number of tetrazole rings is 1. The predicted molar refractivity (Wildman–Crippen MR) is 116 cm³/mol. The number of piperidine rings is 1. The highest BCUT2D eigenvalue weighted by Gasteiger charge is 2.35. The molecule has 8 heteroatoms. The summed E-state index contributed by atoms with van der Waals surface area (Å²) in [6.07, 6.45) is 1.02. The minimum atomic E-state index is -0.388. The van der Waals surface area contributed by atoms with Crippen LogP contribution in [0.4, 0.5) is 0 Å². The van der Waals surface area contributed by atoms with E-state index < -0.39 is 0 Å². The average Bonchev–Trinajstić information content (AvgIpc) is 3.17. The third-order valence-corrected chi connectivity index (χ3v) is 6.11. The third kappa shape index (κ3) is 3.65. The van der Waals surface area contributed by atoms with Gasteiger partial charge in [0.05, 0.1) is 17.2 Å². The number of aryl methyl sites for hydroxylation is 2. The van der Waals surface area contributed by atoms with Crippen molar-refractivity contribution in [1.29, 1.82) is 0 Å². The molecule has 0 amide bonds. The van der Waals surface area contributed by atoms with Crippen LogP contribution < -0.4 is 5.56 Å². The van der Waals surface area contributed by atoms with Crippen LogP contribution in [0.1, 0.15) is 62.2 Å². The van der Waals surface area contributed by atoms with Gasteiger partial charge in [0.25, 0.3) is 5.56 Å². The molecule has 1 aliphatic rings. The fraction of sp³-hybridized carbons (Fsp3) is 0.545. The molecule has 2 aromatic heterocycles. The lowest BCUT2D eigenvalue weighted by atomic mass is 9.97. The van der Waals surface area contributed by atoms with Gasteiger partial charge in [0.2, 0.25) is 0 Å². The summed E-state index contributed by atoms with van der Waals surface area (Å²) in [6, 6.07) is 5.70. The van der Waals surface area contributed by atoms with E-state index >= 15 is 0 Å². The van der Waals surface area contributed by atoms with E-state index in [1.54, 1.807) is 4.68 Å². The first-order valence-corrected chi connectivity index (χ1v) is 10.5. The summed E-state index contributed by atoms with van der Waals surface area (Å²) in [4.78, 5) is 18.6. The average molecular weight is 411 g/mol. The molecule has 1 fully saturated rings. The fourth-order valence-corrected chi connectivity index (χ4v) is 4.23. The summed E-state index contributed by atoms with van der Waals surface area (Å²) in [7, 11) is 0. The van der Waals surface area contributed by atoms with E-state index in [1.807, 2.05) is 46.8 Å². The van der Waals surface area contributed by atoms with Crippen molar-refractivity contribution in [3.05, 3.63) is 51.1 Å². The van der Waals surface area contributed by atoms with Gasteiger partial charge in [-0.2, -0.15) is 0 Å². The normalized spacial score (nSPS) is 17.5. The number of hydrogen-bond donors (Lipinski definition) is 2. The number of benzene rings is 1. The molecule has 0 bridgehead atoms. The molecule has 4 rings (SSSR count). The summed E-state index contributed by atoms with van der Waals surface area (Å²) >= 11 is 0. The highest BCUT2D eigenvalue weighted by atomic mass is 16.3. The fourth-order valence-electron chi connectivity index (χ4n) is 4.23. The number of nitrogens with one attached hydrogen (secondary N) is 1. The van der Waals surface area contributed by atoms with Crippen LogP contribution in [0.3, 0.4) is 0 Å². The molecule has 1 saturated heterocycles. The molecule has 0 saturated carbocycles. The molecule has 3 aromatic rings. The van der Waals surface area contributed by atoms with Crippen molar-refractivity contribution in [2.75, 3.05) is 13.1 Å². The molecule has 3 heterocycles. The highest BCUT2D eigenvalue weighted by Crippen LogP contribution is 2.32. The number of nitrogens with zero attached hydrogens (tertiary/aromatic N) is 5. The molecule has 0 spiro atoms. The number of H-pyrrole nitrogens is 1. The second-order valence-electron chi connectivity index (χ2n) is 9.31. The molecule has 1 aromatic carbocycles. The van der Waals surface area contributed by atoms with E-state index in [0.717, 1.165) is 22.0 Å².